The summed E-state index contributed by atoms with van der Waals surface area (Å²) in [7, 11) is 1.47. The van der Waals surface area contributed by atoms with Gasteiger partial charge in [0.05, 0.1) is 12.1 Å². The molecule has 0 saturated carbocycles. The number of ether oxygens (including phenoxy) is 1. The Morgan fingerprint density at radius 2 is 2.12 bits per heavy atom. The molecular formula is C10H11FIN3O. The number of hydrogen-bond donors (Lipinski definition) is 0. The number of azide groups is 1. The molecule has 6 heteroatoms. The van der Waals surface area contributed by atoms with Crippen LogP contribution in [0.4, 0.5) is 4.39 Å². The highest BCUT2D eigenvalue weighted by molar-refractivity contribution is 14.1. The number of nitrogens with zero attached hydrogens (tertiary/aromatic N) is 3. The third kappa shape index (κ3) is 3.33. The van der Waals surface area contributed by atoms with Gasteiger partial charge in [0.15, 0.2) is 0 Å². The molecule has 1 aromatic rings. The summed E-state index contributed by atoms with van der Waals surface area (Å²) < 4.78 is 19.0. The van der Waals surface area contributed by atoms with Gasteiger partial charge >= 0.3 is 0 Å². The highest BCUT2D eigenvalue weighted by Crippen LogP contribution is 2.24. The lowest BCUT2D eigenvalue weighted by Crippen LogP contribution is -2.20. The van der Waals surface area contributed by atoms with Crippen molar-refractivity contribution >= 4 is 22.6 Å². The summed E-state index contributed by atoms with van der Waals surface area (Å²) in [4.78, 5) is 2.62. The molecule has 1 rings (SSSR count). The van der Waals surface area contributed by atoms with Crippen LogP contribution in [0.15, 0.2) is 29.4 Å². The number of hydrogen-bond acceptors (Lipinski definition) is 2. The molecular weight excluding hydrogens is 324 g/mol. The van der Waals surface area contributed by atoms with Crippen LogP contribution in [-0.4, -0.2) is 19.8 Å². The van der Waals surface area contributed by atoms with E-state index in [4.69, 9.17) is 10.3 Å². The van der Waals surface area contributed by atoms with Crippen molar-refractivity contribution in [3.8, 4) is 0 Å². The fourth-order valence-corrected chi connectivity index (χ4v) is 1.77. The Hall–Kier alpha value is -0.850. The van der Waals surface area contributed by atoms with Crippen molar-refractivity contribution in [2.24, 2.45) is 5.11 Å². The molecule has 0 saturated heterocycles. The van der Waals surface area contributed by atoms with Gasteiger partial charge in [-0.3, -0.25) is 4.39 Å². The first-order valence-electron chi connectivity index (χ1n) is 4.61. The van der Waals surface area contributed by atoms with Gasteiger partial charge in [-0.2, -0.15) is 0 Å². The zero-order chi connectivity index (χ0) is 12.0. The molecule has 16 heavy (non-hydrogen) atoms. The van der Waals surface area contributed by atoms with Crippen LogP contribution < -0.4 is 0 Å². The van der Waals surface area contributed by atoms with Gasteiger partial charge in [-0.15, -0.1) is 0 Å². The van der Waals surface area contributed by atoms with Crippen LogP contribution in [0, 0.1) is 3.57 Å². The molecule has 2 atom stereocenters. The number of methoxy groups -OCH3 is 1. The molecule has 0 aliphatic carbocycles. The van der Waals surface area contributed by atoms with E-state index in [-0.39, 0.29) is 0 Å². The van der Waals surface area contributed by atoms with Crippen molar-refractivity contribution < 1.29 is 9.13 Å². The smallest absolute Gasteiger partial charge is 0.101 e. The van der Waals surface area contributed by atoms with Crippen LogP contribution in [0.5, 0.6) is 0 Å². The van der Waals surface area contributed by atoms with E-state index in [1.807, 2.05) is 24.3 Å². The van der Waals surface area contributed by atoms with Crippen molar-refractivity contribution in [1.29, 1.82) is 0 Å². The molecule has 0 N–H and O–H groups in total. The minimum Gasteiger partial charge on any atom is -0.376 e. The zero-order valence-corrected chi connectivity index (χ0v) is 10.8. The highest BCUT2D eigenvalue weighted by Gasteiger charge is 2.21. The van der Waals surface area contributed by atoms with Gasteiger partial charge in [0.2, 0.25) is 0 Å². The van der Waals surface area contributed by atoms with Crippen molar-refractivity contribution in [2.45, 2.75) is 12.1 Å². The molecule has 1 aromatic carbocycles. The molecule has 86 valence electrons. The van der Waals surface area contributed by atoms with E-state index in [1.54, 1.807) is 0 Å². The molecule has 0 unspecified atom stereocenters. The molecule has 0 fully saturated rings. The van der Waals surface area contributed by atoms with E-state index in [9.17, 15) is 4.39 Å². The van der Waals surface area contributed by atoms with E-state index in [1.165, 1.54) is 7.11 Å². The maximum absolute atomic E-state index is 12.7. The lowest BCUT2D eigenvalue weighted by Gasteiger charge is -2.20. The summed E-state index contributed by atoms with van der Waals surface area (Å²) in [6, 6.07) is 6.65. The normalized spacial score (nSPS) is 13.9. The third-order valence-corrected chi connectivity index (χ3v) is 2.88. The monoisotopic (exact) mass is 335 g/mol. The molecule has 0 spiro atoms. The van der Waals surface area contributed by atoms with E-state index in [0.29, 0.717) is 0 Å². The van der Waals surface area contributed by atoms with Crippen LogP contribution in [0.3, 0.4) is 0 Å². The Bertz CT molecular complexity index is 378. The van der Waals surface area contributed by atoms with Crippen molar-refractivity contribution in [3.05, 3.63) is 43.8 Å². The van der Waals surface area contributed by atoms with Crippen molar-refractivity contribution in [1.82, 2.24) is 0 Å². The predicted octanol–water partition coefficient (Wildman–Crippen LogP) is 3.63. The lowest BCUT2D eigenvalue weighted by atomic mass is 10.0. The van der Waals surface area contributed by atoms with E-state index in [0.717, 1.165) is 9.13 Å². The fourth-order valence-electron chi connectivity index (χ4n) is 1.41. The second kappa shape index (κ2) is 6.67. The van der Waals surface area contributed by atoms with Crippen LogP contribution in [0.2, 0.25) is 0 Å². The van der Waals surface area contributed by atoms with Gasteiger partial charge in [-0.1, -0.05) is 17.2 Å². The first-order valence-corrected chi connectivity index (χ1v) is 5.69. The summed E-state index contributed by atoms with van der Waals surface area (Å²) in [6.45, 7) is -0.742. The average Bonchev–Trinajstić information content (AvgIpc) is 2.31. The standard InChI is InChI=1S/C10H11FIN3O/c1-16-10(9(6-11)14-15-13)7-2-4-8(12)5-3-7/h2-5,9-10H,6H2,1H3/t9-,10-/m1/s1. The molecule has 0 aliphatic rings. The van der Waals surface area contributed by atoms with Crippen molar-refractivity contribution in [3.63, 3.8) is 0 Å². The Morgan fingerprint density at radius 1 is 1.50 bits per heavy atom. The summed E-state index contributed by atoms with van der Waals surface area (Å²) in [5.74, 6) is 0. The second-order valence-electron chi connectivity index (χ2n) is 3.13. The molecule has 0 heterocycles. The Morgan fingerprint density at radius 3 is 2.56 bits per heavy atom. The molecule has 4 nitrogen and oxygen atoms in total. The maximum Gasteiger partial charge on any atom is 0.101 e. The quantitative estimate of drug-likeness (QED) is 0.351. The fraction of sp³-hybridized carbons (Fsp3) is 0.400. The minimum atomic E-state index is -0.824. The van der Waals surface area contributed by atoms with Crippen molar-refractivity contribution in [2.75, 3.05) is 13.8 Å². The Balaban J connectivity index is 2.96. The Kier molecular flexibility index (Phi) is 5.51. The van der Waals surface area contributed by atoms with E-state index >= 15 is 0 Å². The largest absolute Gasteiger partial charge is 0.376 e. The molecule has 0 bridgehead atoms. The van der Waals surface area contributed by atoms with E-state index in [2.05, 4.69) is 32.6 Å². The summed E-state index contributed by atoms with van der Waals surface area (Å²) in [5, 5.41) is 3.39. The van der Waals surface area contributed by atoms with Gasteiger partial charge in [0.1, 0.15) is 6.67 Å². The van der Waals surface area contributed by atoms with Crippen LogP contribution in [-0.2, 0) is 4.74 Å². The van der Waals surface area contributed by atoms with Gasteiger partial charge in [0.25, 0.3) is 0 Å². The van der Waals surface area contributed by atoms with E-state index < -0.39 is 18.8 Å². The minimum absolute atomic E-state index is 0.544. The first-order chi connectivity index (χ1) is 7.72. The number of benzene rings is 1. The predicted molar refractivity (Wildman–Crippen MR) is 67.8 cm³/mol. The SMILES string of the molecule is CO[C@H](c1ccc(I)cc1)[C@@H](CF)N=[N+]=[N-]. The van der Waals surface area contributed by atoms with Gasteiger partial charge in [-0.05, 0) is 45.8 Å². The third-order valence-electron chi connectivity index (χ3n) is 2.16. The van der Waals surface area contributed by atoms with Gasteiger partial charge in [-0.25, -0.2) is 0 Å². The van der Waals surface area contributed by atoms with Crippen LogP contribution >= 0.6 is 22.6 Å². The highest BCUT2D eigenvalue weighted by atomic mass is 127. The molecule has 0 amide bonds. The zero-order valence-electron chi connectivity index (χ0n) is 8.68. The first kappa shape index (κ1) is 13.2. The van der Waals surface area contributed by atoms with Crippen LogP contribution in [0.1, 0.15) is 11.7 Å². The molecule has 0 aliphatic heterocycles. The topological polar surface area (TPSA) is 58.0 Å². The lowest BCUT2D eigenvalue weighted by molar-refractivity contribution is 0.0722. The number of rotatable bonds is 5. The second-order valence-corrected chi connectivity index (χ2v) is 4.38. The maximum atomic E-state index is 12.7. The van der Waals surface area contributed by atoms with Crippen LogP contribution in [0.25, 0.3) is 10.4 Å². The van der Waals surface area contributed by atoms with Gasteiger partial charge in [0, 0.05) is 15.6 Å². The summed E-state index contributed by atoms with van der Waals surface area (Å²) in [5.41, 5.74) is 9.14. The number of halogens is 2. The van der Waals surface area contributed by atoms with Gasteiger partial charge < -0.3 is 4.74 Å². The summed E-state index contributed by atoms with van der Waals surface area (Å²) >= 11 is 2.18. The Labute approximate surface area is 107 Å². The molecule has 0 radical (unpaired) electrons. The molecule has 0 aromatic heterocycles. The average molecular weight is 335 g/mol. The summed E-state index contributed by atoms with van der Waals surface area (Å²) in [6.07, 6.45) is -0.544. The number of alkyl halides is 1.